The van der Waals surface area contributed by atoms with E-state index in [0.29, 0.717) is 39.7 Å². The normalized spacial score (nSPS) is 13.2. The van der Waals surface area contributed by atoms with Crippen LogP contribution in [0, 0.1) is 0 Å². The predicted octanol–water partition coefficient (Wildman–Crippen LogP) is 1.43. The van der Waals surface area contributed by atoms with Gasteiger partial charge in [0.15, 0.2) is 0 Å². The van der Waals surface area contributed by atoms with Gasteiger partial charge in [-0.1, -0.05) is 22.3 Å². The first-order chi connectivity index (χ1) is 34.2. The molecule has 2 aliphatic rings. The number of unbranched alkanes of at least 4 members (excludes halogenated alkanes) is 2. The Kier molecular flexibility index (Phi) is 54.2. The van der Waals surface area contributed by atoms with E-state index in [9.17, 15) is 47.9 Å². The Bertz CT molecular complexity index is 1810. The molecule has 2 atom stereocenters. The first-order valence-corrected chi connectivity index (χ1v) is 30.5. The van der Waals surface area contributed by atoms with E-state index in [1.165, 1.54) is 24.3 Å². The molecule has 2 rings (SSSR count). The van der Waals surface area contributed by atoms with Gasteiger partial charge in [-0.25, -0.2) is 0 Å². The Morgan fingerprint density at radius 2 is 0.878 bits per heavy atom. The summed E-state index contributed by atoms with van der Waals surface area (Å²) in [5, 5.41) is 16.6. The molecule has 0 spiro atoms. The number of hydrogen-bond donors (Lipinski definition) is 7. The molecule has 0 saturated carbocycles. The minimum atomic E-state index is -0.416. The number of nitrogens with two attached hydrogens (primary N) is 1. The fourth-order valence-corrected chi connectivity index (χ4v) is 7.18. The van der Waals surface area contributed by atoms with Gasteiger partial charge >= 0.3 is 0 Å². The largest absolute Gasteiger partial charge is 0.377 e. The van der Waals surface area contributed by atoms with E-state index in [1.54, 1.807) is 7.05 Å². The first-order valence-electron chi connectivity index (χ1n) is 22.1. The number of carbonyl (C=O) groups is 10. The van der Waals surface area contributed by atoms with Crippen LogP contribution >= 0.6 is 28.8 Å². The smallest absolute Gasteiger partial charge is 0.253 e. The summed E-state index contributed by atoms with van der Waals surface area (Å²) in [6, 6.07) is -0.583. The van der Waals surface area contributed by atoms with Gasteiger partial charge in [0.25, 0.3) is 23.6 Å². The zero-order chi connectivity index (χ0) is 53.1. The molecular formula is C43H75N9O14P4S4. The fourth-order valence-electron chi connectivity index (χ4n) is 5.68. The predicted molar refractivity (Wildman–Crippen MR) is 300 cm³/mol. The number of amides is 8. The Hall–Kier alpha value is -3.22. The molecule has 74 heavy (non-hydrogen) atoms. The molecule has 0 aromatic rings. The average molecular weight is 1190 g/mol. The molecule has 8 N–H and O–H groups in total. The minimum absolute atomic E-state index is 0. The quantitative estimate of drug-likeness (QED) is 0.0198. The molecule has 2 aliphatic heterocycles. The van der Waals surface area contributed by atoms with Crippen LogP contribution in [0.15, 0.2) is 24.3 Å². The first kappa shape index (κ1) is 77.3. The number of imide groups is 2. The molecule has 0 aromatic heterocycles. The van der Waals surface area contributed by atoms with Gasteiger partial charge in [-0.05, 0) is 92.8 Å². The number of nitrogens with one attached hydrogen (secondary N) is 6. The maximum Gasteiger partial charge on any atom is 0.253 e. The SMILES string of the molecule is C.C.C.CN[C@@H](CCCCNC(=O)COCCOCCNC(=O)CCN1C(=O)C=CC1=O)C(=O)P=S.NCN[C@@H](CCCCNC(=O)COCCOCCNC(=O)CCN1C(=O)C=CC1=O)C(=O)P=S.S=PP=S. The highest BCUT2D eigenvalue weighted by Gasteiger charge is 2.24. The van der Waals surface area contributed by atoms with Crippen molar-refractivity contribution in [2.75, 3.05) is 106 Å². The van der Waals surface area contributed by atoms with Gasteiger partial charge in [0.2, 0.25) is 34.7 Å². The average Bonchev–Trinajstić information content (AvgIpc) is 3.87. The van der Waals surface area contributed by atoms with Crippen molar-refractivity contribution < 1.29 is 66.9 Å². The summed E-state index contributed by atoms with van der Waals surface area (Å²) < 4.78 is 21.1. The number of nitrogens with zero attached hydrogens (tertiary/aromatic N) is 2. The van der Waals surface area contributed by atoms with Crippen molar-refractivity contribution in [2.45, 2.75) is 85.7 Å². The Morgan fingerprint density at radius 1 is 0.527 bits per heavy atom. The van der Waals surface area contributed by atoms with Gasteiger partial charge in [-0.15, -0.1) is 0 Å². The lowest BCUT2D eigenvalue weighted by molar-refractivity contribution is -0.139. The Balaban J connectivity index is -0.000000594. The van der Waals surface area contributed by atoms with Crippen molar-refractivity contribution in [2.24, 2.45) is 5.73 Å². The molecule has 420 valence electrons. The number of ether oxygens (including phenoxy) is 4. The molecule has 0 bridgehead atoms. The van der Waals surface area contributed by atoms with Crippen molar-refractivity contribution in [3.8, 4) is 0 Å². The molecule has 0 fully saturated rings. The van der Waals surface area contributed by atoms with Gasteiger partial charge < -0.3 is 51.3 Å². The van der Waals surface area contributed by atoms with Gasteiger partial charge in [-0.3, -0.25) is 63.1 Å². The second-order valence-electron chi connectivity index (χ2n) is 14.4. The third-order valence-corrected chi connectivity index (χ3v) is 14.0. The third kappa shape index (κ3) is 40.1. The van der Waals surface area contributed by atoms with Gasteiger partial charge in [0.1, 0.15) is 13.2 Å². The van der Waals surface area contributed by atoms with Gasteiger partial charge in [0, 0.05) is 97.2 Å². The van der Waals surface area contributed by atoms with Crippen LogP contribution < -0.4 is 37.6 Å². The number of hydrogen-bond acceptors (Lipinski definition) is 21. The summed E-state index contributed by atoms with van der Waals surface area (Å²) in [7, 11) is 4.08. The Morgan fingerprint density at radius 3 is 1.23 bits per heavy atom. The molecule has 23 nitrogen and oxygen atoms in total. The van der Waals surface area contributed by atoms with E-state index in [2.05, 4.69) is 55.5 Å². The summed E-state index contributed by atoms with van der Waals surface area (Å²) in [6.07, 6.45) is 9.04. The third-order valence-electron chi connectivity index (χ3n) is 9.28. The highest BCUT2D eigenvalue weighted by atomic mass is 32.7. The number of carbonyl (C=O) groups excluding carboxylic acids is 10. The van der Waals surface area contributed by atoms with Crippen LogP contribution in [0.3, 0.4) is 0 Å². The van der Waals surface area contributed by atoms with E-state index >= 15 is 0 Å². The topological polar surface area (TPSA) is 312 Å². The van der Waals surface area contributed by atoms with Crippen molar-refractivity contribution in [3.05, 3.63) is 24.3 Å². The van der Waals surface area contributed by atoms with E-state index in [1.807, 2.05) is 0 Å². The van der Waals surface area contributed by atoms with E-state index in [4.69, 9.17) is 48.3 Å². The summed E-state index contributed by atoms with van der Waals surface area (Å²) >= 11 is 18.3. The van der Waals surface area contributed by atoms with Gasteiger partial charge in [-0.2, -0.15) is 0 Å². The summed E-state index contributed by atoms with van der Waals surface area (Å²) in [5.41, 5.74) is 5.33. The van der Waals surface area contributed by atoms with Crippen molar-refractivity contribution in [1.29, 1.82) is 0 Å². The summed E-state index contributed by atoms with van der Waals surface area (Å²) in [4.78, 5) is 118. The van der Waals surface area contributed by atoms with Crippen LogP contribution in [0.5, 0.6) is 0 Å². The summed E-state index contributed by atoms with van der Waals surface area (Å²) in [5.74, 6) is -2.70. The fraction of sp³-hybridized carbons (Fsp3) is 0.674. The molecule has 0 unspecified atom stereocenters. The maximum atomic E-state index is 11.7. The van der Waals surface area contributed by atoms with Crippen LogP contribution in [0.1, 0.15) is 73.6 Å². The molecule has 0 radical (unpaired) electrons. The van der Waals surface area contributed by atoms with Crippen molar-refractivity contribution in [1.82, 2.24) is 41.7 Å². The van der Waals surface area contributed by atoms with Crippen LogP contribution in [0.2, 0.25) is 0 Å². The lowest BCUT2D eigenvalue weighted by atomic mass is 10.1. The molecule has 0 aliphatic carbocycles. The zero-order valence-electron chi connectivity index (χ0n) is 39.3. The van der Waals surface area contributed by atoms with E-state index in [0.717, 1.165) is 43.2 Å². The van der Waals surface area contributed by atoms with Crippen LogP contribution in [0.4, 0.5) is 0 Å². The number of rotatable bonds is 40. The highest BCUT2D eigenvalue weighted by Crippen LogP contribution is 2.11. The maximum absolute atomic E-state index is 11.7. The second kappa shape index (κ2) is 51.9. The molecule has 8 amide bonds. The molecule has 31 heteroatoms. The zero-order valence-corrected chi connectivity index (χ0v) is 46.2. The molecular weight excluding hydrogens is 1120 g/mol. The van der Waals surface area contributed by atoms with Crippen LogP contribution in [-0.4, -0.2) is 186 Å². The van der Waals surface area contributed by atoms with Crippen molar-refractivity contribution >= 4 is 134 Å². The second-order valence-corrected chi connectivity index (χ2v) is 21.0. The molecule has 0 aromatic carbocycles. The van der Waals surface area contributed by atoms with E-state index in [-0.39, 0.29) is 175 Å². The lowest BCUT2D eigenvalue weighted by Gasteiger charge is -2.13. The van der Waals surface area contributed by atoms with Crippen molar-refractivity contribution in [3.63, 3.8) is 0 Å². The molecule has 0 saturated heterocycles. The highest BCUT2D eigenvalue weighted by molar-refractivity contribution is 8.40. The standard InChI is InChI=1S/C20H32N5O7PS.C20H31N4O7PS.3CH4.P2S2/c21-14-24-15(20(30)33-34)3-1-2-7-22-17(27)13-32-12-11-31-10-8-23-16(26)6-9-25-18(28)4-5-19(25)29;1-21-15(20(29)32-33)4-2-3-8-22-17(26)14-31-13-12-30-11-9-23-16(25)7-10-24-18(27)5-6-19(24)28;;;;3-1-2-4/h4-5,15,24H,1-3,6-14,21H2,(H,22,27)(H,23,26);5-6,15,21H,2-4,7-14H2,1H3,(H,22,26)(H,23,25);3*1H4;/t2*15-;;;;/m00..../s1. The van der Waals surface area contributed by atoms with Crippen LogP contribution in [-0.2, 0) is 114 Å². The summed E-state index contributed by atoms with van der Waals surface area (Å²) in [6.45, 7) is 3.18. The lowest BCUT2D eigenvalue weighted by Crippen LogP contribution is -2.38. The monoisotopic (exact) mass is 1190 g/mol. The Labute approximate surface area is 462 Å². The minimum Gasteiger partial charge on any atom is -0.377 e. The van der Waals surface area contributed by atoms with Gasteiger partial charge in [0.05, 0.1) is 66.4 Å². The molecule has 2 heterocycles. The number of likely N-dealkylation sites (N-methyl/N-ethyl adjacent to an activating group) is 1. The van der Waals surface area contributed by atoms with E-state index < -0.39 is 23.6 Å². The van der Waals surface area contributed by atoms with Crippen LogP contribution in [0.25, 0.3) is 0 Å².